The Morgan fingerprint density at radius 1 is 0.714 bits per heavy atom. The molecule has 3 heterocycles. The van der Waals surface area contributed by atoms with Gasteiger partial charge in [0.1, 0.15) is 73.2 Å². The standard InChI is InChI=1S/C54H84O23/c1-10-23(2)45(69)77-42-43(71-24(3)58)54(22-57)26(17-49(42,4)5)25-11-12-30-50(6)15-14-32(51(7,21-56)29(50)13-16-52(30,8)53(25,9)18-31(54)60)73-48-40(75-46-36(64)33(61)27(59)20-70-46)38(66)39(41(76-48)44(67)68)74-47-37(65)35(63)34(62)28(19-55)72-47/h10-11,26-43,46-48,55-57,59-66H,12-22H2,1-9H3,(H,67,68)/b23-10-/t26?,27-,28-,29?,30?,31-,32?,33+,34-,35+,36-,37-,38+,39+,40-,41+,42+,43+,46+,47+,48-,50+,51-,52-,53-,54+/m1/s1. The molecule has 7 fully saturated rings. The number of carboxylic acids is 1. The van der Waals surface area contributed by atoms with Crippen LogP contribution in [0.1, 0.15) is 107 Å². The minimum atomic E-state index is -2.11. The van der Waals surface area contributed by atoms with E-state index < -0.39 is 193 Å². The Hall–Kier alpha value is -2.79. The van der Waals surface area contributed by atoms with Crippen LogP contribution in [0, 0.1) is 50.2 Å². The zero-order chi connectivity index (χ0) is 56.9. The lowest BCUT2D eigenvalue weighted by molar-refractivity contribution is -0.387. The van der Waals surface area contributed by atoms with Gasteiger partial charge in [0.15, 0.2) is 25.0 Å². The van der Waals surface area contributed by atoms with Crippen molar-refractivity contribution in [3.8, 4) is 0 Å². The molecule has 23 nitrogen and oxygen atoms in total. The average molecular weight is 1100 g/mol. The van der Waals surface area contributed by atoms with Crippen LogP contribution in [0.2, 0.25) is 0 Å². The predicted octanol–water partition coefficient (Wildman–Crippen LogP) is -0.682. The summed E-state index contributed by atoms with van der Waals surface area (Å²) in [7, 11) is 0. The topological polar surface area (TPSA) is 368 Å². The highest BCUT2D eigenvalue weighted by Gasteiger charge is 2.74. The molecule has 23 heteroatoms. The first-order valence-electron chi connectivity index (χ1n) is 27.1. The summed E-state index contributed by atoms with van der Waals surface area (Å²) in [6.45, 7) is 14.6. The van der Waals surface area contributed by atoms with Crippen molar-refractivity contribution in [1.29, 1.82) is 0 Å². The SMILES string of the molecule is C/C=C(/C)C(=O)O[C@H]1[C@H](OC(C)=O)[C@@]2(CO)C(CC1(C)C)C1=CCC3[C@@]4(C)CCC(O[C@@H]5O[C@H](C(=O)O)[C@@H](O[C@@H]6O[C@H](CO)[C@@H](O)[C@H](O)[C@H]6O)[C@H](O)[C@H]5O[C@@H]5OC[C@@H](O)[C@H](O)[C@H]5O)[C@](C)(CO)C4CC[C@@]3(C)[C@]1(C)C[C@H]2O. The first-order valence-corrected chi connectivity index (χ1v) is 27.1. The second-order valence-electron chi connectivity index (χ2n) is 25.1. The number of aliphatic hydroxyl groups excluding tert-OH is 11. The number of carbonyl (C=O) groups excluding carboxylic acids is 2. The molecule has 0 spiro atoms. The number of allylic oxidation sites excluding steroid dienone is 3. The molecule has 3 aliphatic heterocycles. The summed E-state index contributed by atoms with van der Waals surface area (Å²) < 4.78 is 48.0. The minimum absolute atomic E-state index is 0.0613. The van der Waals surface area contributed by atoms with Gasteiger partial charge in [0, 0.05) is 23.3 Å². The van der Waals surface area contributed by atoms with Crippen molar-refractivity contribution in [3.05, 3.63) is 23.3 Å². The Labute approximate surface area is 448 Å². The van der Waals surface area contributed by atoms with E-state index in [1.54, 1.807) is 19.9 Å². The number of fused-ring (bicyclic) bond motifs is 7. The van der Waals surface area contributed by atoms with Crippen molar-refractivity contribution in [2.45, 2.75) is 218 Å². The lowest BCUT2D eigenvalue weighted by Gasteiger charge is -2.72. The summed E-state index contributed by atoms with van der Waals surface area (Å²) in [6, 6.07) is 0. The molecule has 0 bridgehead atoms. The highest BCUT2D eigenvalue weighted by Crippen LogP contribution is 2.76. The Bertz CT molecular complexity index is 2240. The van der Waals surface area contributed by atoms with Crippen LogP contribution in [0.15, 0.2) is 23.3 Å². The molecule has 0 aromatic heterocycles. The lowest BCUT2D eigenvalue weighted by atomic mass is 9.33. The highest BCUT2D eigenvalue weighted by molar-refractivity contribution is 5.87. The van der Waals surface area contributed by atoms with Crippen LogP contribution in [-0.4, -0.2) is 216 Å². The molecule has 0 radical (unpaired) electrons. The Kier molecular flexibility index (Phi) is 17.1. The third kappa shape index (κ3) is 9.64. The number of aliphatic hydroxyl groups is 11. The largest absolute Gasteiger partial charge is 0.479 e. The van der Waals surface area contributed by atoms with E-state index in [2.05, 4.69) is 26.8 Å². The summed E-state index contributed by atoms with van der Waals surface area (Å²) in [5, 5.41) is 132. The number of carboxylic acid groups (broad SMARTS) is 1. The van der Waals surface area contributed by atoms with Gasteiger partial charge in [-0.3, -0.25) is 4.79 Å². The molecular formula is C54H84O23. The van der Waals surface area contributed by atoms with Crippen LogP contribution in [0.25, 0.3) is 0 Å². The molecule has 12 N–H and O–H groups in total. The van der Waals surface area contributed by atoms with Crippen LogP contribution in [0.4, 0.5) is 0 Å². The van der Waals surface area contributed by atoms with Crippen molar-refractivity contribution in [2.75, 3.05) is 26.4 Å². The molecule has 3 saturated heterocycles. The van der Waals surface area contributed by atoms with Gasteiger partial charge in [0.05, 0.1) is 44.1 Å². The van der Waals surface area contributed by atoms with Gasteiger partial charge < -0.3 is 99.2 Å². The third-order valence-electron chi connectivity index (χ3n) is 20.7. The van der Waals surface area contributed by atoms with Crippen LogP contribution in [-0.2, 0) is 52.3 Å². The smallest absolute Gasteiger partial charge is 0.335 e. The van der Waals surface area contributed by atoms with Gasteiger partial charge in [0.2, 0.25) is 0 Å². The number of ether oxygens (including phenoxy) is 8. The molecular weight excluding hydrogens is 1020 g/mol. The average Bonchev–Trinajstić information content (AvgIpc) is 3.54. The minimum Gasteiger partial charge on any atom is -0.479 e. The Balaban J connectivity index is 1.11. The molecule has 4 saturated carbocycles. The zero-order valence-corrected chi connectivity index (χ0v) is 45.4. The summed E-state index contributed by atoms with van der Waals surface area (Å²) in [5.41, 5.74) is -3.63. The van der Waals surface area contributed by atoms with E-state index in [1.165, 1.54) is 6.92 Å². The van der Waals surface area contributed by atoms with Crippen LogP contribution in [0.3, 0.4) is 0 Å². The van der Waals surface area contributed by atoms with Crippen LogP contribution in [0.5, 0.6) is 0 Å². The molecule has 0 aromatic rings. The van der Waals surface area contributed by atoms with E-state index in [0.29, 0.717) is 37.7 Å². The normalized spacial score (nSPS) is 50.7. The maximum atomic E-state index is 13.4. The van der Waals surface area contributed by atoms with Gasteiger partial charge >= 0.3 is 17.9 Å². The monoisotopic (exact) mass is 1100 g/mol. The fourth-order valence-electron chi connectivity index (χ4n) is 16.0. The van der Waals surface area contributed by atoms with E-state index in [-0.39, 0.29) is 24.7 Å². The van der Waals surface area contributed by atoms with E-state index in [9.17, 15) is 75.7 Å². The van der Waals surface area contributed by atoms with Gasteiger partial charge in [-0.1, -0.05) is 59.3 Å². The van der Waals surface area contributed by atoms with Crippen molar-refractivity contribution >= 4 is 17.9 Å². The van der Waals surface area contributed by atoms with Crippen LogP contribution >= 0.6 is 0 Å². The highest BCUT2D eigenvalue weighted by atomic mass is 16.8. The molecule has 4 unspecified atom stereocenters. The van der Waals surface area contributed by atoms with Crippen molar-refractivity contribution in [3.63, 3.8) is 0 Å². The zero-order valence-electron chi connectivity index (χ0n) is 45.4. The number of hydrogen-bond acceptors (Lipinski definition) is 22. The van der Waals surface area contributed by atoms with Gasteiger partial charge in [-0.05, 0) is 92.8 Å². The Morgan fingerprint density at radius 3 is 1.99 bits per heavy atom. The summed E-state index contributed by atoms with van der Waals surface area (Å²) in [4.78, 5) is 39.4. The summed E-state index contributed by atoms with van der Waals surface area (Å²) in [5.74, 6) is -3.76. The lowest BCUT2D eigenvalue weighted by Crippen LogP contribution is -2.72. The fraction of sp³-hybridized carbons (Fsp3) is 0.870. The van der Waals surface area contributed by atoms with Crippen LogP contribution < -0.4 is 0 Å². The van der Waals surface area contributed by atoms with Gasteiger partial charge in [0.25, 0.3) is 0 Å². The van der Waals surface area contributed by atoms with Gasteiger partial charge in [-0.15, -0.1) is 0 Å². The van der Waals surface area contributed by atoms with Crippen molar-refractivity contribution < 1.29 is 114 Å². The second kappa shape index (κ2) is 21.8. The first-order chi connectivity index (χ1) is 36.0. The predicted molar refractivity (Wildman–Crippen MR) is 263 cm³/mol. The van der Waals surface area contributed by atoms with E-state index in [1.807, 2.05) is 20.8 Å². The molecule has 0 aromatic carbocycles. The first kappa shape index (κ1) is 60.3. The number of rotatable bonds is 13. The number of esters is 2. The molecule has 8 aliphatic rings. The van der Waals surface area contributed by atoms with E-state index in [4.69, 9.17) is 37.9 Å². The molecule has 438 valence electrons. The molecule has 77 heavy (non-hydrogen) atoms. The van der Waals surface area contributed by atoms with Gasteiger partial charge in [-0.25, -0.2) is 9.59 Å². The molecule has 0 amide bonds. The number of aliphatic carboxylic acids is 1. The summed E-state index contributed by atoms with van der Waals surface area (Å²) in [6.07, 6.45) is -23.5. The van der Waals surface area contributed by atoms with Crippen molar-refractivity contribution in [1.82, 2.24) is 0 Å². The Morgan fingerprint density at radius 2 is 1.38 bits per heavy atom. The van der Waals surface area contributed by atoms with Crippen molar-refractivity contribution in [2.24, 2.45) is 50.2 Å². The van der Waals surface area contributed by atoms with E-state index >= 15 is 0 Å². The third-order valence-corrected chi connectivity index (χ3v) is 20.7. The maximum Gasteiger partial charge on any atom is 0.335 e. The van der Waals surface area contributed by atoms with Gasteiger partial charge in [-0.2, -0.15) is 0 Å². The number of carbonyl (C=O) groups is 3. The van der Waals surface area contributed by atoms with E-state index in [0.717, 1.165) is 5.57 Å². The molecule has 8 rings (SSSR count). The maximum absolute atomic E-state index is 13.4. The molecule has 26 atom stereocenters. The summed E-state index contributed by atoms with van der Waals surface area (Å²) >= 11 is 0. The molecule has 5 aliphatic carbocycles. The number of hydrogen-bond donors (Lipinski definition) is 12. The second-order valence-corrected chi connectivity index (χ2v) is 25.1. The fourth-order valence-corrected chi connectivity index (χ4v) is 16.0. The quantitative estimate of drug-likeness (QED) is 0.0470.